The maximum absolute atomic E-state index is 5.98. The Balaban J connectivity index is 2.13. The van der Waals surface area contributed by atoms with E-state index in [-0.39, 0.29) is 17.5 Å². The van der Waals surface area contributed by atoms with Crippen LogP contribution in [-0.4, -0.2) is 34.8 Å². The summed E-state index contributed by atoms with van der Waals surface area (Å²) in [4.78, 5) is 12.6. The first-order valence-corrected chi connectivity index (χ1v) is 11.0. The molecule has 2 aromatic carbocycles. The van der Waals surface area contributed by atoms with E-state index in [2.05, 4.69) is 15.0 Å². The number of halogens is 6. The molecular formula is C19H15Cl6N3O2. The lowest BCUT2D eigenvalue weighted by Gasteiger charge is -2.17. The zero-order valence-electron chi connectivity index (χ0n) is 15.5. The van der Waals surface area contributed by atoms with Gasteiger partial charge in [-0.1, -0.05) is 93.9 Å². The summed E-state index contributed by atoms with van der Waals surface area (Å²) in [6.45, 7) is 3.45. The number of hydrogen-bond donors (Lipinski definition) is 0. The van der Waals surface area contributed by atoms with Crippen molar-refractivity contribution in [2.45, 2.75) is 14.5 Å². The van der Waals surface area contributed by atoms with Crippen molar-refractivity contribution < 1.29 is 9.47 Å². The van der Waals surface area contributed by atoms with Crippen molar-refractivity contribution in [1.29, 1.82) is 0 Å². The van der Waals surface area contributed by atoms with Crippen molar-refractivity contribution in [1.82, 2.24) is 15.0 Å². The molecular weight excluding hydrogens is 515 g/mol. The fourth-order valence-corrected chi connectivity index (χ4v) is 3.20. The lowest BCUT2D eigenvalue weighted by molar-refractivity contribution is 0.111. The molecule has 11 heteroatoms. The monoisotopic (exact) mass is 527 g/mol. The largest absolute Gasteiger partial charge is 0.491 e. The van der Waals surface area contributed by atoms with Gasteiger partial charge in [0.05, 0.1) is 6.61 Å². The highest BCUT2D eigenvalue weighted by Gasteiger charge is 2.34. The third-order valence-electron chi connectivity index (χ3n) is 3.96. The number of ether oxygens (including phenoxy) is 2. The molecule has 0 saturated heterocycles. The lowest BCUT2D eigenvalue weighted by Crippen LogP contribution is -2.16. The summed E-state index contributed by atoms with van der Waals surface area (Å²) < 4.78 is 7.33. The summed E-state index contributed by atoms with van der Waals surface area (Å²) in [5.41, 5.74) is 0.635. The summed E-state index contributed by atoms with van der Waals surface area (Å²) >= 11 is 35.9. The molecule has 0 bridgehead atoms. The number of alkyl halides is 6. The molecule has 0 N–H and O–H groups in total. The molecule has 0 spiro atoms. The normalized spacial score (nSPS) is 12.4. The molecule has 0 aliphatic rings. The molecule has 3 rings (SSSR count). The lowest BCUT2D eigenvalue weighted by atomic mass is 10.0. The van der Waals surface area contributed by atoms with Crippen molar-refractivity contribution in [3.8, 4) is 17.1 Å². The number of nitrogens with zero attached hydrogens (tertiary/aromatic N) is 3. The number of hydrogen-bond acceptors (Lipinski definition) is 5. The van der Waals surface area contributed by atoms with Crippen LogP contribution in [0.15, 0.2) is 36.4 Å². The van der Waals surface area contributed by atoms with Crippen LogP contribution in [0.3, 0.4) is 0 Å². The molecule has 1 aromatic heterocycles. The van der Waals surface area contributed by atoms with Crippen LogP contribution < -0.4 is 4.74 Å². The van der Waals surface area contributed by atoms with Crippen molar-refractivity contribution in [3.63, 3.8) is 0 Å². The van der Waals surface area contributed by atoms with Gasteiger partial charge in [0.25, 0.3) is 0 Å². The standard InChI is InChI=1S/C19H15Cl6N3O2/c1-2-29-9-10-30-14-8-7-13(11-5-3-4-6-12(11)14)15-26-16(18(20,21)22)28-17(27-15)19(23,24)25/h3-8H,2,9-10H2,1H3. The first kappa shape index (κ1) is 23.9. The number of aromatic nitrogens is 3. The molecule has 160 valence electrons. The second kappa shape index (κ2) is 9.78. The second-order valence-corrected chi connectivity index (χ2v) is 10.6. The topological polar surface area (TPSA) is 57.1 Å². The van der Waals surface area contributed by atoms with E-state index in [0.29, 0.717) is 31.1 Å². The van der Waals surface area contributed by atoms with Crippen LogP contribution in [-0.2, 0) is 12.3 Å². The van der Waals surface area contributed by atoms with E-state index in [0.717, 1.165) is 10.8 Å². The van der Waals surface area contributed by atoms with Gasteiger partial charge >= 0.3 is 0 Å². The Morgan fingerprint density at radius 2 is 1.37 bits per heavy atom. The third kappa shape index (κ3) is 5.71. The zero-order chi connectivity index (χ0) is 21.9. The van der Waals surface area contributed by atoms with Crippen LogP contribution in [0.5, 0.6) is 5.75 Å². The van der Waals surface area contributed by atoms with Crippen LogP contribution in [0.1, 0.15) is 18.6 Å². The molecule has 0 amide bonds. The number of benzene rings is 2. The Labute approximate surface area is 203 Å². The summed E-state index contributed by atoms with van der Waals surface area (Å²) in [6.07, 6.45) is 0. The molecule has 0 unspecified atom stereocenters. The van der Waals surface area contributed by atoms with Gasteiger partial charge in [0, 0.05) is 17.6 Å². The highest BCUT2D eigenvalue weighted by atomic mass is 35.6. The van der Waals surface area contributed by atoms with Gasteiger partial charge in [-0.3, -0.25) is 0 Å². The van der Waals surface area contributed by atoms with Gasteiger partial charge in [-0.2, -0.15) is 0 Å². The van der Waals surface area contributed by atoms with Crippen molar-refractivity contribution in [3.05, 3.63) is 48.0 Å². The third-order valence-corrected chi connectivity index (χ3v) is 4.97. The minimum atomic E-state index is -1.93. The fourth-order valence-electron chi connectivity index (χ4n) is 2.70. The fraction of sp³-hybridized carbons (Fsp3) is 0.316. The maximum Gasteiger partial charge on any atom is 0.250 e. The molecule has 0 aliphatic heterocycles. The van der Waals surface area contributed by atoms with Crippen LogP contribution in [0.25, 0.3) is 22.2 Å². The summed E-state index contributed by atoms with van der Waals surface area (Å²) in [5.74, 6) is 0.580. The molecule has 0 fully saturated rings. The van der Waals surface area contributed by atoms with Crippen molar-refractivity contribution in [2.24, 2.45) is 0 Å². The second-order valence-electron chi connectivity index (χ2n) is 6.00. The molecule has 1 heterocycles. The van der Waals surface area contributed by atoms with Crippen LogP contribution in [0.4, 0.5) is 0 Å². The van der Waals surface area contributed by atoms with Gasteiger partial charge < -0.3 is 9.47 Å². The molecule has 0 saturated carbocycles. The SMILES string of the molecule is CCOCCOc1ccc(-c2nc(C(Cl)(Cl)Cl)nc(C(Cl)(Cl)Cl)n2)c2ccccc12. The highest BCUT2D eigenvalue weighted by Crippen LogP contribution is 2.41. The van der Waals surface area contributed by atoms with Crippen molar-refractivity contribution >= 4 is 80.4 Å². The first-order valence-electron chi connectivity index (χ1n) is 8.74. The van der Waals surface area contributed by atoms with Gasteiger partial charge in [0.1, 0.15) is 12.4 Å². The number of rotatable bonds is 6. The quantitative estimate of drug-likeness (QED) is 0.261. The Hall–Kier alpha value is -0.790. The molecule has 30 heavy (non-hydrogen) atoms. The Morgan fingerprint density at radius 3 is 1.93 bits per heavy atom. The van der Waals surface area contributed by atoms with Crippen LogP contribution in [0.2, 0.25) is 0 Å². The minimum absolute atomic E-state index is 0.153. The van der Waals surface area contributed by atoms with Gasteiger partial charge in [-0.25, -0.2) is 15.0 Å². The van der Waals surface area contributed by atoms with E-state index < -0.39 is 7.59 Å². The van der Waals surface area contributed by atoms with E-state index in [4.69, 9.17) is 79.1 Å². The molecule has 3 aromatic rings. The van der Waals surface area contributed by atoms with E-state index in [9.17, 15) is 0 Å². The van der Waals surface area contributed by atoms with Crippen LogP contribution in [0, 0.1) is 0 Å². The van der Waals surface area contributed by atoms with Gasteiger partial charge in [0.2, 0.25) is 7.59 Å². The highest BCUT2D eigenvalue weighted by molar-refractivity contribution is 6.67. The van der Waals surface area contributed by atoms with E-state index in [1.807, 2.05) is 31.2 Å². The van der Waals surface area contributed by atoms with Gasteiger partial charge in [-0.15, -0.1) is 0 Å². The Bertz CT molecular complexity index is 1000. The smallest absolute Gasteiger partial charge is 0.250 e. The predicted octanol–water partition coefficient (Wildman–Crippen LogP) is 6.76. The Morgan fingerprint density at radius 1 is 0.767 bits per heavy atom. The average Bonchev–Trinajstić information content (AvgIpc) is 2.69. The Kier molecular flexibility index (Phi) is 7.78. The average molecular weight is 530 g/mol. The summed E-state index contributed by atoms with van der Waals surface area (Å²) in [7, 11) is 0. The summed E-state index contributed by atoms with van der Waals surface area (Å²) in [5, 5.41) is 1.65. The maximum atomic E-state index is 5.98. The summed E-state index contributed by atoms with van der Waals surface area (Å²) in [6, 6.07) is 11.2. The molecule has 5 nitrogen and oxygen atoms in total. The minimum Gasteiger partial charge on any atom is -0.491 e. The molecule has 0 aliphatic carbocycles. The predicted molar refractivity (Wildman–Crippen MR) is 123 cm³/mol. The van der Waals surface area contributed by atoms with Gasteiger partial charge in [-0.05, 0) is 24.4 Å². The van der Waals surface area contributed by atoms with E-state index in [1.165, 1.54) is 0 Å². The number of fused-ring (bicyclic) bond motifs is 1. The van der Waals surface area contributed by atoms with Gasteiger partial charge in [0.15, 0.2) is 17.5 Å². The van der Waals surface area contributed by atoms with Crippen LogP contribution >= 0.6 is 69.6 Å². The first-order chi connectivity index (χ1) is 14.1. The van der Waals surface area contributed by atoms with E-state index >= 15 is 0 Å². The zero-order valence-corrected chi connectivity index (χ0v) is 20.0. The molecule has 0 radical (unpaired) electrons. The van der Waals surface area contributed by atoms with E-state index in [1.54, 1.807) is 12.1 Å². The molecule has 0 atom stereocenters. The van der Waals surface area contributed by atoms with Crippen molar-refractivity contribution in [2.75, 3.05) is 19.8 Å².